The molecule has 0 aromatic heterocycles. The van der Waals surface area contributed by atoms with Crippen LogP contribution in [0.1, 0.15) is 12.8 Å². The SMILES string of the molecule is NCCCC1COCCN1. The minimum absolute atomic E-state index is 0.553. The van der Waals surface area contributed by atoms with Gasteiger partial charge in [0.15, 0.2) is 0 Å². The second kappa shape index (κ2) is 4.66. The zero-order valence-corrected chi connectivity index (χ0v) is 6.31. The molecule has 0 amide bonds. The first-order valence-corrected chi connectivity index (χ1v) is 3.94. The van der Waals surface area contributed by atoms with Gasteiger partial charge in [-0.25, -0.2) is 0 Å². The van der Waals surface area contributed by atoms with Crippen molar-refractivity contribution in [1.82, 2.24) is 5.32 Å². The molecule has 1 aliphatic rings. The topological polar surface area (TPSA) is 47.3 Å². The van der Waals surface area contributed by atoms with Gasteiger partial charge in [-0.1, -0.05) is 0 Å². The summed E-state index contributed by atoms with van der Waals surface area (Å²) in [7, 11) is 0. The van der Waals surface area contributed by atoms with E-state index in [1.807, 2.05) is 0 Å². The number of ether oxygens (including phenoxy) is 1. The van der Waals surface area contributed by atoms with Crippen molar-refractivity contribution >= 4 is 0 Å². The summed E-state index contributed by atoms with van der Waals surface area (Å²) in [5.41, 5.74) is 5.38. The maximum Gasteiger partial charge on any atom is 0.0620 e. The van der Waals surface area contributed by atoms with Crippen LogP contribution in [0.25, 0.3) is 0 Å². The van der Waals surface area contributed by atoms with Crippen LogP contribution in [0.3, 0.4) is 0 Å². The van der Waals surface area contributed by atoms with E-state index in [1.165, 1.54) is 0 Å². The van der Waals surface area contributed by atoms with Crippen molar-refractivity contribution < 1.29 is 4.74 Å². The van der Waals surface area contributed by atoms with Gasteiger partial charge in [0.2, 0.25) is 0 Å². The Balaban J connectivity index is 2.02. The van der Waals surface area contributed by atoms with E-state index in [0.717, 1.165) is 39.1 Å². The van der Waals surface area contributed by atoms with Gasteiger partial charge in [0, 0.05) is 12.6 Å². The Hall–Kier alpha value is -0.120. The average molecular weight is 144 g/mol. The molecule has 0 spiro atoms. The van der Waals surface area contributed by atoms with Crippen molar-refractivity contribution in [2.24, 2.45) is 5.73 Å². The number of morpholine rings is 1. The van der Waals surface area contributed by atoms with Crippen LogP contribution in [-0.4, -0.2) is 32.3 Å². The van der Waals surface area contributed by atoms with E-state index >= 15 is 0 Å². The predicted molar refractivity (Wildman–Crippen MR) is 40.9 cm³/mol. The van der Waals surface area contributed by atoms with E-state index in [1.54, 1.807) is 0 Å². The predicted octanol–water partition coefficient (Wildman–Crippen LogP) is -0.286. The normalized spacial score (nSPS) is 26.7. The molecule has 0 bridgehead atoms. The van der Waals surface area contributed by atoms with Gasteiger partial charge in [0.1, 0.15) is 0 Å². The van der Waals surface area contributed by atoms with Gasteiger partial charge in [0.05, 0.1) is 13.2 Å². The van der Waals surface area contributed by atoms with Crippen molar-refractivity contribution in [3.63, 3.8) is 0 Å². The van der Waals surface area contributed by atoms with Gasteiger partial charge < -0.3 is 15.8 Å². The molecule has 60 valence electrons. The van der Waals surface area contributed by atoms with Crippen LogP contribution in [0.4, 0.5) is 0 Å². The Labute approximate surface area is 61.9 Å². The van der Waals surface area contributed by atoms with E-state index in [4.69, 9.17) is 10.5 Å². The van der Waals surface area contributed by atoms with Crippen LogP contribution in [-0.2, 0) is 4.74 Å². The summed E-state index contributed by atoms with van der Waals surface area (Å²) in [6.45, 7) is 3.51. The molecule has 1 saturated heterocycles. The third-order valence-corrected chi connectivity index (χ3v) is 1.76. The zero-order valence-electron chi connectivity index (χ0n) is 6.31. The van der Waals surface area contributed by atoms with Crippen molar-refractivity contribution in [3.05, 3.63) is 0 Å². The zero-order chi connectivity index (χ0) is 7.23. The summed E-state index contributed by atoms with van der Waals surface area (Å²) in [6, 6.07) is 0.553. The van der Waals surface area contributed by atoms with E-state index < -0.39 is 0 Å². The molecule has 0 aromatic rings. The second-order valence-corrected chi connectivity index (χ2v) is 2.66. The quantitative estimate of drug-likeness (QED) is 0.572. The third-order valence-electron chi connectivity index (χ3n) is 1.76. The molecule has 0 radical (unpaired) electrons. The van der Waals surface area contributed by atoms with Crippen molar-refractivity contribution in [2.75, 3.05) is 26.3 Å². The number of rotatable bonds is 3. The molecular weight excluding hydrogens is 128 g/mol. The molecule has 3 nitrogen and oxygen atoms in total. The van der Waals surface area contributed by atoms with E-state index in [2.05, 4.69) is 5.32 Å². The Morgan fingerprint density at radius 3 is 3.10 bits per heavy atom. The van der Waals surface area contributed by atoms with Gasteiger partial charge in [-0.2, -0.15) is 0 Å². The fourth-order valence-corrected chi connectivity index (χ4v) is 1.17. The van der Waals surface area contributed by atoms with Gasteiger partial charge in [0.25, 0.3) is 0 Å². The average Bonchev–Trinajstić information content (AvgIpc) is 2.03. The molecule has 0 aromatic carbocycles. The highest BCUT2D eigenvalue weighted by molar-refractivity contribution is 4.69. The Bertz CT molecular complexity index is 81.7. The lowest BCUT2D eigenvalue weighted by atomic mass is 10.1. The highest BCUT2D eigenvalue weighted by atomic mass is 16.5. The lowest BCUT2D eigenvalue weighted by Gasteiger charge is -2.23. The van der Waals surface area contributed by atoms with E-state index in [0.29, 0.717) is 6.04 Å². The first-order chi connectivity index (χ1) is 4.93. The van der Waals surface area contributed by atoms with Crippen LogP contribution >= 0.6 is 0 Å². The molecule has 1 atom stereocenters. The van der Waals surface area contributed by atoms with Crippen LogP contribution < -0.4 is 11.1 Å². The summed E-state index contributed by atoms with van der Waals surface area (Å²) in [6.07, 6.45) is 2.25. The number of hydrogen-bond donors (Lipinski definition) is 2. The fraction of sp³-hybridized carbons (Fsp3) is 1.00. The fourth-order valence-electron chi connectivity index (χ4n) is 1.17. The molecule has 3 N–H and O–H groups in total. The van der Waals surface area contributed by atoms with E-state index in [-0.39, 0.29) is 0 Å². The number of nitrogens with two attached hydrogens (primary N) is 1. The van der Waals surface area contributed by atoms with Crippen molar-refractivity contribution in [2.45, 2.75) is 18.9 Å². The monoisotopic (exact) mass is 144 g/mol. The summed E-state index contributed by atoms with van der Waals surface area (Å²) in [5.74, 6) is 0. The van der Waals surface area contributed by atoms with Gasteiger partial charge in [-0.15, -0.1) is 0 Å². The Kier molecular flexibility index (Phi) is 3.72. The van der Waals surface area contributed by atoms with Crippen LogP contribution in [0, 0.1) is 0 Å². The lowest BCUT2D eigenvalue weighted by Crippen LogP contribution is -2.41. The molecular formula is C7H16N2O. The number of hydrogen-bond acceptors (Lipinski definition) is 3. The first-order valence-electron chi connectivity index (χ1n) is 3.94. The minimum atomic E-state index is 0.553. The molecule has 1 aliphatic heterocycles. The van der Waals surface area contributed by atoms with Crippen molar-refractivity contribution in [3.8, 4) is 0 Å². The smallest absolute Gasteiger partial charge is 0.0620 e. The van der Waals surface area contributed by atoms with Crippen molar-refractivity contribution in [1.29, 1.82) is 0 Å². The van der Waals surface area contributed by atoms with Crippen LogP contribution in [0.5, 0.6) is 0 Å². The molecule has 0 saturated carbocycles. The van der Waals surface area contributed by atoms with Gasteiger partial charge in [-0.3, -0.25) is 0 Å². The highest BCUT2D eigenvalue weighted by Crippen LogP contribution is 1.99. The highest BCUT2D eigenvalue weighted by Gasteiger charge is 2.10. The summed E-state index contributed by atoms with van der Waals surface area (Å²) < 4.78 is 5.28. The van der Waals surface area contributed by atoms with E-state index in [9.17, 15) is 0 Å². The minimum Gasteiger partial charge on any atom is -0.379 e. The largest absolute Gasteiger partial charge is 0.379 e. The molecule has 1 fully saturated rings. The summed E-state index contributed by atoms with van der Waals surface area (Å²) >= 11 is 0. The molecule has 1 unspecified atom stereocenters. The lowest BCUT2D eigenvalue weighted by molar-refractivity contribution is 0.0738. The molecule has 0 aliphatic carbocycles. The second-order valence-electron chi connectivity index (χ2n) is 2.66. The molecule has 1 rings (SSSR count). The van der Waals surface area contributed by atoms with Gasteiger partial charge in [-0.05, 0) is 19.4 Å². The molecule has 1 heterocycles. The summed E-state index contributed by atoms with van der Waals surface area (Å²) in [5, 5.41) is 3.37. The molecule has 10 heavy (non-hydrogen) atoms. The maximum absolute atomic E-state index is 5.38. The maximum atomic E-state index is 5.38. The Morgan fingerprint density at radius 2 is 2.50 bits per heavy atom. The van der Waals surface area contributed by atoms with Gasteiger partial charge >= 0.3 is 0 Å². The van der Waals surface area contributed by atoms with Crippen LogP contribution in [0.2, 0.25) is 0 Å². The standard InChI is InChI=1S/C7H16N2O/c8-3-1-2-7-6-10-5-4-9-7/h7,9H,1-6,8H2. The number of nitrogens with one attached hydrogen (secondary N) is 1. The molecule has 3 heteroatoms. The first kappa shape index (κ1) is 7.98. The third kappa shape index (κ3) is 2.64. The van der Waals surface area contributed by atoms with Crippen LogP contribution in [0.15, 0.2) is 0 Å². The summed E-state index contributed by atoms with van der Waals surface area (Å²) in [4.78, 5) is 0. The Morgan fingerprint density at radius 1 is 1.60 bits per heavy atom.